The molecular formula is C27H25N7O. The molecule has 1 saturated heterocycles. The Morgan fingerprint density at radius 1 is 1.06 bits per heavy atom. The zero-order chi connectivity index (χ0) is 23.9. The van der Waals surface area contributed by atoms with Crippen molar-refractivity contribution in [2.45, 2.75) is 18.9 Å². The average molecular weight is 464 g/mol. The second-order valence-corrected chi connectivity index (χ2v) is 9.18. The van der Waals surface area contributed by atoms with Gasteiger partial charge in [-0.15, -0.1) is 0 Å². The van der Waals surface area contributed by atoms with Gasteiger partial charge in [-0.05, 0) is 45.1 Å². The Kier molecular flexibility index (Phi) is 5.20. The SMILES string of the molecule is CN(C)C1CCN(c2nc(-c3ccc(C#N)cc3)c(-c3cnc4ccoc4c3)n3cncc23)CC1. The first kappa shape index (κ1) is 21.3. The number of benzene rings is 1. The summed E-state index contributed by atoms with van der Waals surface area (Å²) in [5, 5.41) is 9.29. The van der Waals surface area contributed by atoms with E-state index in [1.54, 1.807) is 6.26 Å². The molecule has 0 bridgehead atoms. The zero-order valence-electron chi connectivity index (χ0n) is 19.7. The van der Waals surface area contributed by atoms with Crippen molar-refractivity contribution >= 4 is 22.4 Å². The Bertz CT molecular complexity index is 1550. The van der Waals surface area contributed by atoms with Gasteiger partial charge in [0.15, 0.2) is 11.4 Å². The molecule has 0 saturated carbocycles. The highest BCUT2D eigenvalue weighted by Crippen LogP contribution is 2.37. The van der Waals surface area contributed by atoms with Crippen LogP contribution in [-0.2, 0) is 0 Å². The lowest BCUT2D eigenvalue weighted by molar-refractivity contribution is 0.249. The van der Waals surface area contributed by atoms with Crippen LogP contribution in [0.3, 0.4) is 0 Å². The van der Waals surface area contributed by atoms with Crippen LogP contribution in [0.25, 0.3) is 39.1 Å². The van der Waals surface area contributed by atoms with E-state index >= 15 is 0 Å². The van der Waals surface area contributed by atoms with Crippen LogP contribution in [0.2, 0.25) is 0 Å². The van der Waals surface area contributed by atoms with Gasteiger partial charge >= 0.3 is 0 Å². The van der Waals surface area contributed by atoms with E-state index in [4.69, 9.17) is 9.40 Å². The van der Waals surface area contributed by atoms with E-state index in [2.05, 4.69) is 44.3 Å². The maximum absolute atomic E-state index is 9.29. The fraction of sp³-hybridized carbons (Fsp3) is 0.259. The first-order valence-electron chi connectivity index (χ1n) is 11.7. The first-order valence-corrected chi connectivity index (χ1v) is 11.7. The number of piperidine rings is 1. The lowest BCUT2D eigenvalue weighted by Gasteiger charge is -2.36. The molecule has 1 fully saturated rings. The summed E-state index contributed by atoms with van der Waals surface area (Å²) in [4.78, 5) is 19.0. The van der Waals surface area contributed by atoms with Gasteiger partial charge < -0.3 is 14.2 Å². The van der Waals surface area contributed by atoms with Crippen LogP contribution in [0, 0.1) is 11.3 Å². The molecule has 0 atom stereocenters. The lowest BCUT2D eigenvalue weighted by atomic mass is 10.0. The van der Waals surface area contributed by atoms with E-state index in [0.717, 1.165) is 70.9 Å². The van der Waals surface area contributed by atoms with Gasteiger partial charge in [0.05, 0.1) is 41.8 Å². The number of pyridine rings is 1. The average Bonchev–Trinajstić information content (AvgIpc) is 3.57. The number of nitriles is 1. The van der Waals surface area contributed by atoms with Gasteiger partial charge in [0.2, 0.25) is 0 Å². The molecule has 174 valence electrons. The molecule has 35 heavy (non-hydrogen) atoms. The molecule has 5 aromatic rings. The van der Waals surface area contributed by atoms with Crippen LogP contribution in [0.1, 0.15) is 18.4 Å². The van der Waals surface area contributed by atoms with Crippen LogP contribution in [0.5, 0.6) is 0 Å². The van der Waals surface area contributed by atoms with Crippen molar-refractivity contribution in [3.8, 4) is 28.6 Å². The number of fused-ring (bicyclic) bond motifs is 2. The number of nitrogens with zero attached hydrogens (tertiary/aromatic N) is 7. The summed E-state index contributed by atoms with van der Waals surface area (Å²) < 4.78 is 7.74. The predicted octanol–water partition coefficient (Wildman–Crippen LogP) is 4.61. The van der Waals surface area contributed by atoms with Crippen LogP contribution < -0.4 is 4.90 Å². The molecule has 0 amide bonds. The van der Waals surface area contributed by atoms with Crippen molar-refractivity contribution in [1.82, 2.24) is 24.3 Å². The largest absolute Gasteiger partial charge is 0.463 e. The van der Waals surface area contributed by atoms with Gasteiger partial charge in [0.25, 0.3) is 0 Å². The molecule has 1 aliphatic heterocycles. The van der Waals surface area contributed by atoms with Crippen LogP contribution in [-0.4, -0.2) is 57.5 Å². The molecule has 8 heteroatoms. The molecular weight excluding hydrogens is 438 g/mol. The molecule has 5 heterocycles. The minimum atomic E-state index is 0.579. The van der Waals surface area contributed by atoms with E-state index in [1.807, 2.05) is 55.1 Å². The number of aromatic nitrogens is 4. The topological polar surface area (TPSA) is 86.5 Å². The number of anilines is 1. The zero-order valence-corrected chi connectivity index (χ0v) is 19.7. The highest BCUT2D eigenvalue weighted by atomic mass is 16.3. The Morgan fingerprint density at radius 3 is 2.60 bits per heavy atom. The maximum Gasteiger partial charge on any atom is 0.155 e. The van der Waals surface area contributed by atoms with Crippen molar-refractivity contribution in [1.29, 1.82) is 5.26 Å². The fourth-order valence-electron chi connectivity index (χ4n) is 4.95. The summed E-state index contributed by atoms with van der Waals surface area (Å²) in [6, 6.07) is 14.2. The maximum atomic E-state index is 9.29. The molecule has 8 nitrogen and oxygen atoms in total. The van der Waals surface area contributed by atoms with Gasteiger partial charge in [0, 0.05) is 42.5 Å². The van der Waals surface area contributed by atoms with Gasteiger partial charge in [-0.25, -0.2) is 9.97 Å². The van der Waals surface area contributed by atoms with E-state index in [-0.39, 0.29) is 0 Å². The monoisotopic (exact) mass is 463 g/mol. The predicted molar refractivity (Wildman–Crippen MR) is 135 cm³/mol. The molecule has 6 rings (SSSR count). The summed E-state index contributed by atoms with van der Waals surface area (Å²) in [7, 11) is 4.30. The highest BCUT2D eigenvalue weighted by molar-refractivity contribution is 5.87. The number of hydrogen-bond acceptors (Lipinski definition) is 7. The molecule has 0 radical (unpaired) electrons. The lowest BCUT2D eigenvalue weighted by Crippen LogP contribution is -2.42. The van der Waals surface area contributed by atoms with E-state index in [0.29, 0.717) is 11.6 Å². The van der Waals surface area contributed by atoms with Crippen LogP contribution in [0.4, 0.5) is 5.82 Å². The third kappa shape index (κ3) is 3.70. The van der Waals surface area contributed by atoms with Gasteiger partial charge in [0.1, 0.15) is 11.0 Å². The quantitative estimate of drug-likeness (QED) is 0.385. The second kappa shape index (κ2) is 8.53. The summed E-state index contributed by atoms with van der Waals surface area (Å²) >= 11 is 0. The summed E-state index contributed by atoms with van der Waals surface area (Å²) in [5.41, 5.74) is 6.63. The molecule has 0 N–H and O–H groups in total. The van der Waals surface area contributed by atoms with Crippen molar-refractivity contribution < 1.29 is 4.42 Å². The van der Waals surface area contributed by atoms with Crippen molar-refractivity contribution in [2.75, 3.05) is 32.1 Å². The minimum absolute atomic E-state index is 0.579. The number of hydrogen-bond donors (Lipinski definition) is 0. The highest BCUT2D eigenvalue weighted by Gasteiger charge is 2.26. The molecule has 0 spiro atoms. The number of imidazole rings is 1. The van der Waals surface area contributed by atoms with Gasteiger partial charge in [-0.3, -0.25) is 9.38 Å². The Hall–Kier alpha value is -4.22. The minimum Gasteiger partial charge on any atom is -0.463 e. The van der Waals surface area contributed by atoms with Gasteiger partial charge in [-0.2, -0.15) is 5.26 Å². The Balaban J connectivity index is 1.55. The van der Waals surface area contributed by atoms with Crippen LogP contribution in [0.15, 0.2) is 65.8 Å². The Morgan fingerprint density at radius 2 is 1.86 bits per heavy atom. The smallest absolute Gasteiger partial charge is 0.155 e. The Labute approximate surface area is 203 Å². The van der Waals surface area contributed by atoms with Gasteiger partial charge in [-0.1, -0.05) is 12.1 Å². The number of rotatable bonds is 4. The van der Waals surface area contributed by atoms with E-state index in [1.165, 1.54) is 0 Å². The first-order chi connectivity index (χ1) is 17.1. The molecule has 4 aromatic heterocycles. The summed E-state index contributed by atoms with van der Waals surface area (Å²) in [6.45, 7) is 1.87. The molecule has 1 aromatic carbocycles. The molecule has 0 unspecified atom stereocenters. The van der Waals surface area contributed by atoms with Crippen molar-refractivity contribution in [3.63, 3.8) is 0 Å². The molecule has 0 aliphatic carbocycles. The second-order valence-electron chi connectivity index (χ2n) is 9.18. The summed E-state index contributed by atoms with van der Waals surface area (Å²) in [5.74, 6) is 0.926. The number of furan rings is 1. The molecule has 1 aliphatic rings. The third-order valence-electron chi connectivity index (χ3n) is 6.91. The van der Waals surface area contributed by atoms with Crippen molar-refractivity contribution in [3.05, 3.63) is 66.9 Å². The fourth-order valence-corrected chi connectivity index (χ4v) is 4.95. The van der Waals surface area contributed by atoms with E-state index < -0.39 is 0 Å². The van der Waals surface area contributed by atoms with Crippen molar-refractivity contribution in [2.24, 2.45) is 0 Å². The summed E-state index contributed by atoms with van der Waals surface area (Å²) in [6.07, 6.45) is 9.38. The third-order valence-corrected chi connectivity index (χ3v) is 6.91. The van der Waals surface area contributed by atoms with Crippen LogP contribution >= 0.6 is 0 Å². The standard InChI is InChI=1S/C27H25N7O/c1-32(2)21-7-10-33(11-8-21)27-23-16-29-17-34(23)26(20-13-24-22(30-15-20)9-12-35-24)25(31-27)19-5-3-18(14-28)4-6-19/h3-6,9,12-13,15-17,21H,7-8,10-11H2,1-2H3. The normalized spacial score (nSPS) is 14.7. The van der Waals surface area contributed by atoms with E-state index in [9.17, 15) is 5.26 Å².